The number of benzene rings is 2. The smallest absolute Gasteiger partial charge is 0.328 e. The van der Waals surface area contributed by atoms with Crippen LogP contribution < -0.4 is 54.4 Å². The Hall–Kier alpha value is -7.80. The Labute approximate surface area is 478 Å². The van der Waals surface area contributed by atoms with Crippen molar-refractivity contribution in [3.63, 3.8) is 0 Å². The first-order valence-electron chi connectivity index (χ1n) is 28.1. The number of rotatable bonds is 31. The number of likely N-dealkylation sites (tertiary alicyclic amines) is 1. The third-order valence-corrected chi connectivity index (χ3v) is 14.1. The van der Waals surface area contributed by atoms with Crippen LogP contribution in [0, 0.1) is 23.7 Å². The summed E-state index contributed by atoms with van der Waals surface area (Å²) in [6, 6.07) is 1.87. The van der Waals surface area contributed by atoms with Gasteiger partial charge in [-0.25, -0.2) is 4.79 Å². The van der Waals surface area contributed by atoms with E-state index in [1.807, 2.05) is 45.9 Å². The molecule has 25 nitrogen and oxygen atoms in total. The Bertz CT molecular complexity index is 2710. The molecular weight excluding hydrogens is 1060 g/mol. The summed E-state index contributed by atoms with van der Waals surface area (Å²) in [6.07, 6.45) is 1.48. The average molecular weight is 1150 g/mol. The number of aliphatic hydroxyl groups is 1. The van der Waals surface area contributed by atoms with E-state index in [1.54, 1.807) is 52.1 Å². The van der Waals surface area contributed by atoms with Gasteiger partial charge in [-0.05, 0) is 98.4 Å². The molecule has 0 unspecified atom stereocenters. The number of aliphatic hydroxyl groups excluding tert-OH is 1. The second kappa shape index (κ2) is 31.4. The lowest BCUT2D eigenvalue weighted by atomic mass is 9.97. The van der Waals surface area contributed by atoms with E-state index < -0.39 is 126 Å². The molecule has 3 aromatic rings. The molecule has 452 valence electrons. The van der Waals surface area contributed by atoms with Crippen molar-refractivity contribution in [2.24, 2.45) is 45.9 Å². The molecule has 10 atom stereocenters. The maximum absolute atomic E-state index is 14.9. The van der Waals surface area contributed by atoms with Crippen LogP contribution in [0.3, 0.4) is 0 Å². The second-order valence-corrected chi connectivity index (χ2v) is 22.7. The van der Waals surface area contributed by atoms with Gasteiger partial charge in [-0.2, -0.15) is 0 Å². The lowest BCUT2D eigenvalue weighted by Gasteiger charge is -2.32. The molecule has 0 spiro atoms. The molecule has 0 saturated carbocycles. The molecule has 2 heterocycles. The van der Waals surface area contributed by atoms with E-state index in [1.165, 1.54) is 24.0 Å². The van der Waals surface area contributed by atoms with Gasteiger partial charge in [-0.1, -0.05) is 85.7 Å². The van der Waals surface area contributed by atoms with E-state index >= 15 is 0 Å². The van der Waals surface area contributed by atoms with Gasteiger partial charge in [0.05, 0.1) is 12.1 Å². The molecule has 25 heteroatoms. The highest BCUT2D eigenvalue weighted by Crippen LogP contribution is 2.24. The molecule has 1 aliphatic heterocycles. The van der Waals surface area contributed by atoms with E-state index in [2.05, 4.69) is 47.2 Å². The number of hydrogen-bond donors (Lipinski definition) is 14. The van der Waals surface area contributed by atoms with Gasteiger partial charge in [0.2, 0.25) is 47.3 Å². The van der Waals surface area contributed by atoms with E-state index in [4.69, 9.17) is 17.2 Å². The SMILES string of the molecule is CC(C)C[C@H](NC(=O)[C@H](CC(C)C)NC(=O)[C@@H](N)CCCN=C(N)N)C(=O)N[C@H](C(=O)N[C@H](C(=O)N[C@@H](Cc1ccc(O)cc1)C(=O)N1CCC[C@H]1C(=O)N[C@@H](Cc1c[nH]c2ccccc12)C(=O)N[C@H](C(=O)O)[C@@H](C)O)C(C)C)C(C)C. The van der Waals surface area contributed by atoms with E-state index in [0.717, 1.165) is 10.9 Å². The zero-order valence-electron chi connectivity index (χ0n) is 48.5. The zero-order valence-corrected chi connectivity index (χ0v) is 48.5. The summed E-state index contributed by atoms with van der Waals surface area (Å²) in [6.45, 7) is 15.7. The van der Waals surface area contributed by atoms with Gasteiger partial charge < -0.3 is 79.6 Å². The molecule has 2 aromatic carbocycles. The van der Waals surface area contributed by atoms with Crippen LogP contribution in [0.4, 0.5) is 0 Å². The number of guanidine groups is 1. The quantitative estimate of drug-likeness (QED) is 0.0234. The summed E-state index contributed by atoms with van der Waals surface area (Å²) in [5, 5.41) is 49.7. The number of nitrogens with zero attached hydrogens (tertiary/aromatic N) is 2. The first kappa shape index (κ1) is 66.7. The highest BCUT2D eigenvalue weighted by molar-refractivity contribution is 5.99. The number of carbonyl (C=O) groups excluding carboxylic acids is 8. The van der Waals surface area contributed by atoms with Gasteiger partial charge in [0.15, 0.2) is 12.0 Å². The van der Waals surface area contributed by atoms with Crippen molar-refractivity contribution in [1.29, 1.82) is 0 Å². The van der Waals surface area contributed by atoms with Crippen LogP contribution in [-0.4, -0.2) is 158 Å². The number of amides is 8. The summed E-state index contributed by atoms with van der Waals surface area (Å²) in [5.41, 5.74) is 18.8. The van der Waals surface area contributed by atoms with Gasteiger partial charge in [-0.15, -0.1) is 0 Å². The van der Waals surface area contributed by atoms with Gasteiger partial charge in [0.1, 0.15) is 48.0 Å². The van der Waals surface area contributed by atoms with Crippen LogP contribution in [0.5, 0.6) is 5.75 Å². The summed E-state index contributed by atoms with van der Waals surface area (Å²) in [5.74, 6) is -8.67. The average Bonchev–Trinajstić information content (AvgIpc) is 4.29. The van der Waals surface area contributed by atoms with E-state index in [-0.39, 0.29) is 75.2 Å². The Morgan fingerprint density at radius 2 is 1.18 bits per heavy atom. The van der Waals surface area contributed by atoms with Crippen LogP contribution in [0.15, 0.2) is 59.7 Å². The van der Waals surface area contributed by atoms with E-state index in [9.17, 15) is 58.5 Å². The molecule has 17 N–H and O–H groups in total. The number of nitrogens with two attached hydrogens (primary N) is 3. The highest BCUT2D eigenvalue weighted by atomic mass is 16.4. The molecule has 8 amide bonds. The van der Waals surface area contributed by atoms with Crippen LogP contribution in [0.1, 0.15) is 112 Å². The van der Waals surface area contributed by atoms with Crippen molar-refractivity contribution in [2.45, 2.75) is 174 Å². The predicted octanol–water partition coefficient (Wildman–Crippen LogP) is 0.294. The summed E-state index contributed by atoms with van der Waals surface area (Å²) >= 11 is 0. The number of phenols is 1. The summed E-state index contributed by atoms with van der Waals surface area (Å²) in [7, 11) is 0. The van der Waals surface area contributed by atoms with Crippen LogP contribution >= 0.6 is 0 Å². The third kappa shape index (κ3) is 20.0. The number of aliphatic imine (C=N–C) groups is 1. The fourth-order valence-corrected chi connectivity index (χ4v) is 9.65. The normalized spacial score (nSPS) is 16.7. The zero-order chi connectivity index (χ0) is 61.1. The van der Waals surface area contributed by atoms with Gasteiger partial charge in [-0.3, -0.25) is 43.3 Å². The number of nitrogens with one attached hydrogen (secondary N) is 8. The topological polar surface area (TPSA) is 408 Å². The Balaban J connectivity index is 1.56. The molecule has 1 aliphatic rings. The third-order valence-electron chi connectivity index (χ3n) is 14.1. The summed E-state index contributed by atoms with van der Waals surface area (Å²) in [4.78, 5) is 134. The second-order valence-electron chi connectivity index (χ2n) is 22.7. The van der Waals surface area contributed by atoms with Crippen molar-refractivity contribution < 1.29 is 58.5 Å². The largest absolute Gasteiger partial charge is 0.508 e. The molecule has 1 fully saturated rings. The first-order chi connectivity index (χ1) is 38.6. The first-order valence-corrected chi connectivity index (χ1v) is 28.1. The molecular formula is C57H87N13O12. The number of carbonyl (C=O) groups is 9. The molecule has 82 heavy (non-hydrogen) atoms. The number of aromatic nitrogens is 1. The predicted molar refractivity (Wildman–Crippen MR) is 308 cm³/mol. The van der Waals surface area contributed by atoms with Crippen molar-refractivity contribution in [2.75, 3.05) is 13.1 Å². The molecule has 1 saturated heterocycles. The monoisotopic (exact) mass is 1150 g/mol. The van der Waals surface area contributed by atoms with Gasteiger partial charge in [0, 0.05) is 43.0 Å². The fraction of sp³-hybridized carbons (Fsp3) is 0.579. The molecule has 0 radical (unpaired) electrons. The highest BCUT2D eigenvalue weighted by Gasteiger charge is 2.41. The van der Waals surface area contributed by atoms with Crippen molar-refractivity contribution in [3.8, 4) is 5.75 Å². The lowest BCUT2D eigenvalue weighted by Crippen LogP contribution is -2.62. The number of H-pyrrole nitrogens is 1. The minimum atomic E-state index is -1.71. The molecule has 0 aliphatic carbocycles. The number of aromatic hydroxyl groups is 1. The Morgan fingerprint density at radius 1 is 0.659 bits per heavy atom. The lowest BCUT2D eigenvalue weighted by molar-refractivity contribution is -0.145. The minimum Gasteiger partial charge on any atom is -0.508 e. The van der Waals surface area contributed by atoms with Crippen molar-refractivity contribution in [3.05, 3.63) is 65.9 Å². The van der Waals surface area contributed by atoms with Crippen LogP contribution in [-0.2, 0) is 56.0 Å². The maximum atomic E-state index is 14.9. The number of phenolic OH excluding ortho intramolecular Hbond substituents is 1. The number of hydrogen-bond acceptors (Lipinski definition) is 13. The maximum Gasteiger partial charge on any atom is 0.328 e. The number of aliphatic carboxylic acids is 1. The number of para-hydroxylation sites is 1. The Morgan fingerprint density at radius 3 is 1.74 bits per heavy atom. The Kier molecular flexibility index (Phi) is 25.6. The standard InChI is InChI=1S/C57H87N13O12/c1-29(2)24-40(63-48(73)38(58)15-12-22-61-57(59)60)49(74)64-41(25-30(3)4)50(75)67-46(32(7)8)54(79)68-45(31(5)6)53(78)66-43(26-34-18-20-36(72)21-19-34)55(80)70-23-13-17-44(70)52(77)65-42(51(76)69-47(33(9)71)56(81)82)27-35-28-62-39-16-11-10-14-37(35)39/h10-11,14,16,18-21,28-33,38,40-47,62,71-72H,12-13,15,17,22-27,58H2,1-9H3,(H,63,73)(H,64,74)(H,65,77)(H,66,78)(H,67,75)(H,68,79)(H,69,76)(H,81,82)(H4,59,60,61)/t33-,38+,40+,41+,42+,43+,44+,45+,46+,47+/m1/s1. The minimum absolute atomic E-state index is 0.0536. The van der Waals surface area contributed by atoms with Crippen molar-refractivity contribution in [1.82, 2.24) is 47.1 Å². The van der Waals surface area contributed by atoms with Crippen molar-refractivity contribution >= 4 is 70.1 Å². The number of aromatic amines is 1. The molecule has 0 bridgehead atoms. The van der Waals surface area contributed by atoms with E-state index in [0.29, 0.717) is 24.0 Å². The van der Waals surface area contributed by atoms with Gasteiger partial charge in [0.25, 0.3) is 0 Å². The number of fused-ring (bicyclic) bond motifs is 1. The van der Waals surface area contributed by atoms with Gasteiger partial charge >= 0.3 is 5.97 Å². The fourth-order valence-electron chi connectivity index (χ4n) is 9.65. The summed E-state index contributed by atoms with van der Waals surface area (Å²) < 4.78 is 0. The molecule has 4 rings (SSSR count). The number of carboxylic acid groups (broad SMARTS) is 1. The molecule has 1 aromatic heterocycles. The van der Waals surface area contributed by atoms with Crippen LogP contribution in [0.2, 0.25) is 0 Å². The van der Waals surface area contributed by atoms with Crippen LogP contribution in [0.25, 0.3) is 10.9 Å². The number of carboxylic acids is 1.